The highest BCUT2D eigenvalue weighted by Crippen LogP contribution is 2.32. The number of carbonyl (C=O) groups is 3. The second-order valence-corrected chi connectivity index (χ2v) is 7.00. The van der Waals surface area contributed by atoms with Gasteiger partial charge >= 0.3 is 0 Å². The molecule has 0 aromatic rings. The van der Waals surface area contributed by atoms with Crippen molar-refractivity contribution in [3.63, 3.8) is 0 Å². The van der Waals surface area contributed by atoms with Crippen molar-refractivity contribution in [2.45, 2.75) is 47.5 Å². The monoisotopic (exact) mass is 294 g/mol. The van der Waals surface area contributed by atoms with E-state index in [1.807, 2.05) is 34.6 Å². The average Bonchev–Trinajstić information content (AvgIpc) is 2.68. The van der Waals surface area contributed by atoms with Crippen molar-refractivity contribution in [2.24, 2.45) is 10.8 Å². The van der Waals surface area contributed by atoms with Gasteiger partial charge in [-0.05, 0) is 25.2 Å². The minimum atomic E-state index is -0.454. The molecule has 118 valence electrons. The van der Waals surface area contributed by atoms with E-state index in [1.165, 1.54) is 17.1 Å². The van der Waals surface area contributed by atoms with Crippen molar-refractivity contribution in [1.82, 2.24) is 10.2 Å². The third-order valence-electron chi connectivity index (χ3n) is 3.87. The minimum absolute atomic E-state index is 0.0378. The molecule has 0 bridgehead atoms. The SMILES string of the molecule is CCNC(=O)C(C)(C)CCC(C)(C)CN1C(=O)C=CC1=O. The number of nitrogens with zero attached hydrogens (tertiary/aromatic N) is 1. The van der Waals surface area contributed by atoms with Gasteiger partial charge in [-0.15, -0.1) is 0 Å². The third-order valence-corrected chi connectivity index (χ3v) is 3.87. The summed E-state index contributed by atoms with van der Waals surface area (Å²) >= 11 is 0. The first-order valence-electron chi connectivity index (χ1n) is 7.41. The summed E-state index contributed by atoms with van der Waals surface area (Å²) in [6.45, 7) is 10.8. The quantitative estimate of drug-likeness (QED) is 0.729. The molecule has 0 spiro atoms. The predicted molar refractivity (Wildman–Crippen MR) is 81.3 cm³/mol. The molecule has 0 atom stereocenters. The maximum atomic E-state index is 12.0. The Hall–Kier alpha value is -1.65. The van der Waals surface area contributed by atoms with Crippen molar-refractivity contribution < 1.29 is 14.4 Å². The molecule has 1 rings (SSSR count). The van der Waals surface area contributed by atoms with Crippen molar-refractivity contribution in [3.8, 4) is 0 Å². The molecule has 1 N–H and O–H groups in total. The van der Waals surface area contributed by atoms with Crippen LogP contribution in [0.25, 0.3) is 0 Å². The summed E-state index contributed by atoms with van der Waals surface area (Å²) in [5.41, 5.74) is -0.675. The van der Waals surface area contributed by atoms with Gasteiger partial charge < -0.3 is 5.32 Å². The topological polar surface area (TPSA) is 66.5 Å². The van der Waals surface area contributed by atoms with E-state index >= 15 is 0 Å². The Labute approximate surface area is 126 Å². The summed E-state index contributed by atoms with van der Waals surface area (Å²) in [6, 6.07) is 0. The van der Waals surface area contributed by atoms with E-state index < -0.39 is 5.41 Å². The third kappa shape index (κ3) is 4.69. The first-order valence-corrected chi connectivity index (χ1v) is 7.41. The van der Waals surface area contributed by atoms with Crippen LogP contribution in [0.15, 0.2) is 12.2 Å². The fraction of sp³-hybridized carbons (Fsp3) is 0.688. The largest absolute Gasteiger partial charge is 0.356 e. The Balaban J connectivity index is 2.58. The molecule has 0 fully saturated rings. The van der Waals surface area contributed by atoms with Gasteiger partial charge in [0, 0.05) is 30.7 Å². The van der Waals surface area contributed by atoms with Gasteiger partial charge in [-0.2, -0.15) is 0 Å². The van der Waals surface area contributed by atoms with Crippen LogP contribution >= 0.6 is 0 Å². The summed E-state index contributed by atoms with van der Waals surface area (Å²) in [7, 11) is 0. The molecule has 0 unspecified atom stereocenters. The number of nitrogens with one attached hydrogen (secondary N) is 1. The molecule has 0 aromatic heterocycles. The molecule has 0 radical (unpaired) electrons. The van der Waals surface area contributed by atoms with Crippen molar-refractivity contribution >= 4 is 17.7 Å². The lowest BCUT2D eigenvalue weighted by molar-refractivity contribution is -0.139. The molecule has 21 heavy (non-hydrogen) atoms. The van der Waals surface area contributed by atoms with E-state index in [1.54, 1.807) is 0 Å². The fourth-order valence-electron chi connectivity index (χ4n) is 2.26. The molecular weight excluding hydrogens is 268 g/mol. The van der Waals surface area contributed by atoms with Gasteiger partial charge in [0.05, 0.1) is 0 Å². The highest BCUT2D eigenvalue weighted by atomic mass is 16.2. The molecule has 0 saturated heterocycles. The molecule has 0 saturated carbocycles. The van der Waals surface area contributed by atoms with Crippen LogP contribution in [-0.4, -0.2) is 35.7 Å². The van der Waals surface area contributed by atoms with E-state index in [0.717, 1.165) is 6.42 Å². The van der Waals surface area contributed by atoms with Gasteiger partial charge in [0.15, 0.2) is 0 Å². The summed E-state index contributed by atoms with van der Waals surface area (Å²) in [5, 5.41) is 2.84. The second-order valence-electron chi connectivity index (χ2n) is 7.00. The van der Waals surface area contributed by atoms with Crippen LogP contribution < -0.4 is 5.32 Å². The molecule has 1 aliphatic heterocycles. The van der Waals surface area contributed by atoms with Crippen LogP contribution in [-0.2, 0) is 14.4 Å². The van der Waals surface area contributed by atoms with Crippen LogP contribution in [0.3, 0.4) is 0 Å². The summed E-state index contributed by atoms with van der Waals surface area (Å²) < 4.78 is 0. The zero-order valence-electron chi connectivity index (χ0n) is 13.7. The Morgan fingerprint density at radius 2 is 1.62 bits per heavy atom. The van der Waals surface area contributed by atoms with E-state index in [9.17, 15) is 14.4 Å². The standard InChI is InChI=1S/C16H26N2O3/c1-6-17-14(21)16(4,5)10-9-15(2,3)11-18-12(19)7-8-13(18)20/h7-8H,6,9-11H2,1-5H3,(H,17,21). The lowest BCUT2D eigenvalue weighted by Crippen LogP contribution is -2.41. The maximum Gasteiger partial charge on any atom is 0.253 e. The van der Waals surface area contributed by atoms with E-state index in [4.69, 9.17) is 0 Å². The molecule has 0 aromatic carbocycles. The van der Waals surface area contributed by atoms with Gasteiger partial charge in [-0.3, -0.25) is 19.3 Å². The highest BCUT2D eigenvalue weighted by molar-refractivity contribution is 6.12. The van der Waals surface area contributed by atoms with Crippen molar-refractivity contribution in [2.75, 3.05) is 13.1 Å². The zero-order chi connectivity index (χ0) is 16.3. The summed E-state index contributed by atoms with van der Waals surface area (Å²) in [4.78, 5) is 36.5. The average molecular weight is 294 g/mol. The van der Waals surface area contributed by atoms with Crippen LogP contribution in [0, 0.1) is 10.8 Å². The number of amides is 3. The molecule has 5 heteroatoms. The van der Waals surface area contributed by atoms with Gasteiger partial charge in [-0.1, -0.05) is 27.7 Å². The van der Waals surface area contributed by atoms with Gasteiger partial charge in [0.1, 0.15) is 0 Å². The van der Waals surface area contributed by atoms with Crippen molar-refractivity contribution in [1.29, 1.82) is 0 Å². The Morgan fingerprint density at radius 1 is 1.10 bits per heavy atom. The van der Waals surface area contributed by atoms with Crippen LogP contribution in [0.2, 0.25) is 0 Å². The Bertz CT molecular complexity index is 446. The predicted octanol–water partition coefficient (Wildman–Crippen LogP) is 1.88. The molecular formula is C16H26N2O3. The maximum absolute atomic E-state index is 12.0. The van der Waals surface area contributed by atoms with E-state index in [2.05, 4.69) is 5.32 Å². The normalized spacial score (nSPS) is 15.8. The Kier molecular flexibility index (Phi) is 5.31. The molecule has 5 nitrogen and oxygen atoms in total. The number of rotatable bonds is 7. The highest BCUT2D eigenvalue weighted by Gasteiger charge is 2.34. The van der Waals surface area contributed by atoms with Crippen LogP contribution in [0.4, 0.5) is 0 Å². The minimum Gasteiger partial charge on any atom is -0.356 e. The smallest absolute Gasteiger partial charge is 0.253 e. The van der Waals surface area contributed by atoms with E-state index in [0.29, 0.717) is 19.5 Å². The van der Waals surface area contributed by atoms with Gasteiger partial charge in [0.2, 0.25) is 5.91 Å². The van der Waals surface area contributed by atoms with E-state index in [-0.39, 0.29) is 23.1 Å². The van der Waals surface area contributed by atoms with Crippen LogP contribution in [0.1, 0.15) is 47.5 Å². The lowest BCUT2D eigenvalue weighted by Gasteiger charge is -2.32. The number of hydrogen-bond acceptors (Lipinski definition) is 3. The zero-order valence-corrected chi connectivity index (χ0v) is 13.7. The lowest BCUT2D eigenvalue weighted by atomic mass is 9.78. The second kappa shape index (κ2) is 6.41. The van der Waals surface area contributed by atoms with Crippen molar-refractivity contribution in [3.05, 3.63) is 12.2 Å². The number of imide groups is 1. The summed E-state index contributed by atoms with van der Waals surface area (Å²) in [6.07, 6.45) is 4.07. The fourth-order valence-corrected chi connectivity index (χ4v) is 2.26. The number of carbonyl (C=O) groups excluding carboxylic acids is 3. The molecule has 1 aliphatic rings. The first kappa shape index (κ1) is 17.4. The Morgan fingerprint density at radius 3 is 2.10 bits per heavy atom. The van der Waals surface area contributed by atoms with Crippen LogP contribution in [0.5, 0.6) is 0 Å². The van der Waals surface area contributed by atoms with Gasteiger partial charge in [-0.25, -0.2) is 0 Å². The molecule has 0 aliphatic carbocycles. The molecule has 1 heterocycles. The summed E-state index contributed by atoms with van der Waals surface area (Å²) in [5.74, 6) is -0.470. The molecule has 3 amide bonds. The first-order chi connectivity index (χ1) is 9.59. The number of hydrogen-bond donors (Lipinski definition) is 1. The van der Waals surface area contributed by atoms with Gasteiger partial charge in [0.25, 0.3) is 11.8 Å².